The maximum Gasteiger partial charge on any atom is 0.417 e. The van der Waals surface area contributed by atoms with Crippen LogP contribution >= 0.6 is 11.6 Å². The number of alkyl halides is 3. The van der Waals surface area contributed by atoms with Crippen LogP contribution in [0.5, 0.6) is 0 Å². The van der Waals surface area contributed by atoms with E-state index in [1.807, 2.05) is 0 Å². The molecule has 0 aliphatic carbocycles. The number of nitrogens with zero attached hydrogens (tertiary/aromatic N) is 1. The van der Waals surface area contributed by atoms with Crippen LogP contribution in [-0.4, -0.2) is 32.9 Å². The van der Waals surface area contributed by atoms with Crippen LogP contribution in [0.1, 0.15) is 5.56 Å². The lowest BCUT2D eigenvalue weighted by molar-refractivity contribution is -0.139. The van der Waals surface area contributed by atoms with E-state index in [9.17, 15) is 21.6 Å². The van der Waals surface area contributed by atoms with Crippen LogP contribution in [0.2, 0.25) is 5.02 Å². The van der Waals surface area contributed by atoms with E-state index in [1.165, 1.54) is 0 Å². The largest absolute Gasteiger partial charge is 0.417 e. The minimum Gasteiger partial charge on any atom is -0.329 e. The molecule has 0 unspecified atom stereocenters. The SMILES string of the molecule is CN(CCN)S(=O)(=O)c1ccc(Cl)cc1C(F)(F)F. The van der Waals surface area contributed by atoms with Gasteiger partial charge < -0.3 is 5.73 Å². The van der Waals surface area contributed by atoms with E-state index < -0.39 is 26.7 Å². The summed E-state index contributed by atoms with van der Waals surface area (Å²) in [5.74, 6) is 0. The molecule has 0 heterocycles. The van der Waals surface area contributed by atoms with Crippen LogP contribution < -0.4 is 5.73 Å². The summed E-state index contributed by atoms with van der Waals surface area (Å²) in [6, 6.07) is 2.53. The Kier molecular flexibility index (Phi) is 4.83. The standard InChI is InChI=1S/C10H12ClF3N2O2S/c1-16(5-4-15)19(17,18)9-3-2-7(11)6-8(9)10(12,13)14/h2-3,6H,4-5,15H2,1H3. The Hall–Kier alpha value is -0.830. The summed E-state index contributed by atoms with van der Waals surface area (Å²) in [7, 11) is -3.09. The maximum atomic E-state index is 12.8. The number of sulfonamides is 1. The third kappa shape index (κ3) is 3.59. The molecule has 108 valence electrons. The zero-order valence-electron chi connectivity index (χ0n) is 9.91. The first-order valence-corrected chi connectivity index (χ1v) is 6.95. The lowest BCUT2D eigenvalue weighted by atomic mass is 10.2. The second kappa shape index (κ2) is 5.66. The molecule has 2 N–H and O–H groups in total. The van der Waals surface area contributed by atoms with Crippen molar-refractivity contribution < 1.29 is 21.6 Å². The van der Waals surface area contributed by atoms with Crippen molar-refractivity contribution in [1.29, 1.82) is 0 Å². The van der Waals surface area contributed by atoms with Gasteiger partial charge in [-0.05, 0) is 18.2 Å². The molecule has 19 heavy (non-hydrogen) atoms. The van der Waals surface area contributed by atoms with Crippen LogP contribution in [0, 0.1) is 0 Å². The van der Waals surface area contributed by atoms with Crippen molar-refractivity contribution in [2.24, 2.45) is 5.73 Å². The number of benzene rings is 1. The fourth-order valence-electron chi connectivity index (χ4n) is 1.42. The molecule has 0 spiro atoms. The summed E-state index contributed by atoms with van der Waals surface area (Å²) in [5, 5.41) is -0.187. The number of rotatable bonds is 4. The number of hydrogen-bond donors (Lipinski definition) is 1. The fourth-order valence-corrected chi connectivity index (χ4v) is 2.96. The van der Waals surface area contributed by atoms with Crippen LogP contribution in [0.4, 0.5) is 13.2 Å². The summed E-state index contributed by atoms with van der Waals surface area (Å²) in [4.78, 5) is -0.833. The van der Waals surface area contributed by atoms with Crippen molar-refractivity contribution in [1.82, 2.24) is 4.31 Å². The lowest BCUT2D eigenvalue weighted by Gasteiger charge is -2.19. The average Bonchev–Trinajstić information content (AvgIpc) is 2.27. The van der Waals surface area contributed by atoms with Gasteiger partial charge in [-0.25, -0.2) is 8.42 Å². The maximum absolute atomic E-state index is 12.8. The second-order valence-electron chi connectivity index (χ2n) is 3.75. The van der Waals surface area contributed by atoms with Gasteiger partial charge in [-0.2, -0.15) is 17.5 Å². The van der Waals surface area contributed by atoms with Crippen molar-refractivity contribution in [3.63, 3.8) is 0 Å². The van der Waals surface area contributed by atoms with E-state index in [0.717, 1.165) is 23.5 Å². The molecule has 0 saturated carbocycles. The van der Waals surface area contributed by atoms with Crippen LogP contribution in [0.3, 0.4) is 0 Å². The zero-order chi connectivity index (χ0) is 14.8. The molecular weight excluding hydrogens is 305 g/mol. The second-order valence-corrected chi connectivity index (χ2v) is 6.20. The first kappa shape index (κ1) is 16.2. The summed E-state index contributed by atoms with van der Waals surface area (Å²) in [6.07, 6.45) is -4.81. The third-order valence-corrected chi connectivity index (χ3v) is 4.53. The molecule has 1 rings (SSSR count). The highest BCUT2D eigenvalue weighted by atomic mass is 35.5. The Bertz CT molecular complexity index is 560. The highest BCUT2D eigenvalue weighted by molar-refractivity contribution is 7.89. The Labute approximate surface area is 114 Å². The van der Waals surface area contributed by atoms with Crippen LogP contribution in [-0.2, 0) is 16.2 Å². The summed E-state index contributed by atoms with van der Waals surface area (Å²) < 4.78 is 63.4. The van der Waals surface area contributed by atoms with Gasteiger partial charge in [0.15, 0.2) is 0 Å². The first-order valence-electron chi connectivity index (χ1n) is 5.14. The van der Waals surface area contributed by atoms with Crippen molar-refractivity contribution >= 4 is 21.6 Å². The summed E-state index contributed by atoms with van der Waals surface area (Å²) in [5.41, 5.74) is 3.91. The molecule has 0 aliphatic rings. The predicted octanol–water partition coefficient (Wildman–Crippen LogP) is 1.94. The molecule has 1 aromatic rings. The van der Waals surface area contributed by atoms with Crippen molar-refractivity contribution in [3.8, 4) is 0 Å². The van der Waals surface area contributed by atoms with E-state index >= 15 is 0 Å². The molecule has 0 radical (unpaired) electrons. The van der Waals surface area contributed by atoms with Crippen LogP contribution in [0.15, 0.2) is 23.1 Å². The summed E-state index contributed by atoms with van der Waals surface area (Å²) >= 11 is 5.49. The molecular formula is C10H12ClF3N2O2S. The highest BCUT2D eigenvalue weighted by Crippen LogP contribution is 2.36. The van der Waals surface area contributed by atoms with Crippen LogP contribution in [0.25, 0.3) is 0 Å². The van der Waals surface area contributed by atoms with Crippen molar-refractivity contribution in [2.75, 3.05) is 20.1 Å². The van der Waals surface area contributed by atoms with E-state index in [-0.39, 0.29) is 18.1 Å². The highest BCUT2D eigenvalue weighted by Gasteiger charge is 2.38. The molecule has 1 aromatic carbocycles. The van der Waals surface area contributed by atoms with Gasteiger partial charge in [0.1, 0.15) is 0 Å². The van der Waals surface area contributed by atoms with E-state index in [2.05, 4.69) is 0 Å². The topological polar surface area (TPSA) is 63.4 Å². The third-order valence-electron chi connectivity index (χ3n) is 2.38. The Balaban J connectivity index is 3.43. The monoisotopic (exact) mass is 316 g/mol. The van der Waals surface area contributed by atoms with Crippen molar-refractivity contribution in [3.05, 3.63) is 28.8 Å². The average molecular weight is 317 g/mol. The Morgan fingerprint density at radius 3 is 2.42 bits per heavy atom. The number of halogens is 4. The smallest absolute Gasteiger partial charge is 0.329 e. The predicted molar refractivity (Wildman–Crippen MR) is 65.3 cm³/mol. The summed E-state index contributed by atoms with van der Waals surface area (Å²) in [6.45, 7) is -0.0765. The molecule has 4 nitrogen and oxygen atoms in total. The molecule has 0 aliphatic heterocycles. The first-order chi connectivity index (χ1) is 8.60. The Morgan fingerprint density at radius 1 is 1.37 bits per heavy atom. The zero-order valence-corrected chi connectivity index (χ0v) is 11.5. The minimum absolute atomic E-state index is 0.00463. The van der Waals surface area contributed by atoms with E-state index in [0.29, 0.717) is 6.07 Å². The number of hydrogen-bond acceptors (Lipinski definition) is 3. The van der Waals surface area contributed by atoms with Gasteiger partial charge in [0, 0.05) is 25.2 Å². The normalized spacial score (nSPS) is 13.0. The van der Waals surface area contributed by atoms with Gasteiger partial charge >= 0.3 is 6.18 Å². The molecule has 9 heteroatoms. The van der Waals surface area contributed by atoms with E-state index in [1.54, 1.807) is 0 Å². The molecule has 0 amide bonds. The molecule has 0 bridgehead atoms. The van der Waals surface area contributed by atoms with Gasteiger partial charge in [-0.15, -0.1) is 0 Å². The van der Waals surface area contributed by atoms with Gasteiger partial charge in [-0.1, -0.05) is 11.6 Å². The van der Waals surface area contributed by atoms with Gasteiger partial charge in [0.05, 0.1) is 10.5 Å². The molecule has 0 fully saturated rings. The molecule has 0 saturated heterocycles. The van der Waals surface area contributed by atoms with Gasteiger partial charge in [-0.3, -0.25) is 0 Å². The van der Waals surface area contributed by atoms with Gasteiger partial charge in [0.2, 0.25) is 10.0 Å². The van der Waals surface area contributed by atoms with Gasteiger partial charge in [0.25, 0.3) is 0 Å². The lowest BCUT2D eigenvalue weighted by Crippen LogP contribution is -2.33. The minimum atomic E-state index is -4.81. The molecule has 0 atom stereocenters. The van der Waals surface area contributed by atoms with Crippen molar-refractivity contribution in [2.45, 2.75) is 11.1 Å². The number of nitrogens with two attached hydrogens (primary N) is 1. The quantitative estimate of drug-likeness (QED) is 0.923. The molecule has 0 aromatic heterocycles. The Morgan fingerprint density at radius 2 is 1.95 bits per heavy atom. The van der Waals surface area contributed by atoms with E-state index in [4.69, 9.17) is 17.3 Å². The fraction of sp³-hybridized carbons (Fsp3) is 0.400. The number of likely N-dealkylation sites (N-methyl/N-ethyl adjacent to an activating group) is 1.